The number of hydrogen-bond acceptors (Lipinski definition) is 3. The molecule has 0 radical (unpaired) electrons. The quantitative estimate of drug-likeness (QED) is 0.866. The average molecular weight is 356 g/mol. The molecule has 2 N–H and O–H groups in total. The smallest absolute Gasteiger partial charge is 0.217 e. The number of piperidine rings is 1. The normalized spacial score (nSPS) is 18.3. The molecule has 4 nitrogen and oxygen atoms in total. The van der Waals surface area contributed by atoms with Gasteiger partial charge >= 0.3 is 0 Å². The molecular weight excluding hydrogens is 331 g/mol. The third-order valence-corrected chi connectivity index (χ3v) is 5.14. The van der Waals surface area contributed by atoms with Crippen LogP contribution in [-0.4, -0.2) is 35.5 Å². The molecule has 2 aromatic carbocycles. The number of aliphatic hydroxyl groups is 1. The zero-order chi connectivity index (χ0) is 18.6. The number of carbonyl (C=O) groups excluding carboxylic acids is 1. The van der Waals surface area contributed by atoms with Gasteiger partial charge in [-0.25, -0.2) is 4.39 Å². The van der Waals surface area contributed by atoms with Crippen molar-refractivity contribution in [3.63, 3.8) is 0 Å². The topological polar surface area (TPSA) is 52.6 Å². The van der Waals surface area contributed by atoms with Crippen molar-refractivity contribution >= 4 is 5.91 Å². The number of nitrogens with one attached hydrogen (secondary N) is 1. The number of likely N-dealkylation sites (tertiary alicyclic amines) is 1. The Bertz CT molecular complexity index is 725. The van der Waals surface area contributed by atoms with Crippen LogP contribution in [0, 0.1) is 5.82 Å². The molecule has 1 amide bonds. The molecule has 5 heteroatoms. The first-order chi connectivity index (χ1) is 12.5. The number of hydrogen-bond donors (Lipinski definition) is 2. The van der Waals surface area contributed by atoms with Crippen LogP contribution in [0.5, 0.6) is 0 Å². The van der Waals surface area contributed by atoms with Crippen LogP contribution in [0.15, 0.2) is 54.6 Å². The third-order valence-electron chi connectivity index (χ3n) is 5.14. The highest BCUT2D eigenvalue weighted by atomic mass is 19.1. The number of benzene rings is 2. The predicted octanol–water partition coefficient (Wildman–Crippen LogP) is 2.99. The van der Waals surface area contributed by atoms with Crippen molar-refractivity contribution in [1.29, 1.82) is 0 Å². The first kappa shape index (κ1) is 18.5. The van der Waals surface area contributed by atoms with Crippen LogP contribution in [0.25, 0.3) is 0 Å². The predicted molar refractivity (Wildman–Crippen MR) is 99.0 cm³/mol. The molecule has 0 aromatic heterocycles. The van der Waals surface area contributed by atoms with E-state index < -0.39 is 6.10 Å². The lowest BCUT2D eigenvalue weighted by molar-refractivity contribution is -0.121. The second-order valence-electron chi connectivity index (χ2n) is 7.00. The molecule has 1 atom stereocenters. The summed E-state index contributed by atoms with van der Waals surface area (Å²) >= 11 is 0. The Balaban J connectivity index is 1.66. The van der Waals surface area contributed by atoms with Crippen molar-refractivity contribution in [2.45, 2.75) is 31.4 Å². The number of carbonyl (C=O) groups is 1. The standard InChI is InChI=1S/C21H25FN2O2/c1-16(25)23-21(18-5-3-2-4-6-18)11-13-24(14-12-21)15-20(26)17-7-9-19(22)10-8-17/h2-10,20,26H,11-15H2,1H3,(H,23,25)/t20-/m0/s1. The van der Waals surface area contributed by atoms with E-state index in [0.29, 0.717) is 12.1 Å². The number of aliphatic hydroxyl groups excluding tert-OH is 1. The average Bonchev–Trinajstić information content (AvgIpc) is 2.64. The fourth-order valence-electron chi connectivity index (χ4n) is 3.73. The molecule has 3 rings (SSSR count). The zero-order valence-electron chi connectivity index (χ0n) is 15.0. The van der Waals surface area contributed by atoms with E-state index in [0.717, 1.165) is 31.5 Å². The van der Waals surface area contributed by atoms with Gasteiger partial charge in [0.1, 0.15) is 5.82 Å². The van der Waals surface area contributed by atoms with E-state index in [2.05, 4.69) is 22.3 Å². The maximum absolute atomic E-state index is 13.0. The fraction of sp³-hybridized carbons (Fsp3) is 0.381. The largest absolute Gasteiger partial charge is 0.387 e. The Morgan fingerprint density at radius 3 is 2.35 bits per heavy atom. The Hall–Kier alpha value is -2.24. The summed E-state index contributed by atoms with van der Waals surface area (Å²) in [5.41, 5.74) is 1.48. The molecule has 0 aliphatic carbocycles. The maximum atomic E-state index is 13.0. The first-order valence-electron chi connectivity index (χ1n) is 8.99. The van der Waals surface area contributed by atoms with E-state index in [4.69, 9.17) is 0 Å². The number of β-amino-alcohol motifs (C(OH)–C–C–N with tert-alkyl or cyclic N) is 1. The van der Waals surface area contributed by atoms with Crippen molar-refractivity contribution in [2.75, 3.05) is 19.6 Å². The molecule has 2 aromatic rings. The Morgan fingerprint density at radius 1 is 1.15 bits per heavy atom. The van der Waals surface area contributed by atoms with E-state index >= 15 is 0 Å². The van der Waals surface area contributed by atoms with Gasteiger partial charge in [-0.2, -0.15) is 0 Å². The van der Waals surface area contributed by atoms with E-state index in [1.165, 1.54) is 12.1 Å². The van der Waals surface area contributed by atoms with Gasteiger partial charge in [0.25, 0.3) is 0 Å². The first-order valence-corrected chi connectivity index (χ1v) is 8.99. The summed E-state index contributed by atoms with van der Waals surface area (Å²) in [5.74, 6) is -0.337. The highest BCUT2D eigenvalue weighted by molar-refractivity contribution is 5.74. The number of rotatable bonds is 5. The number of nitrogens with zero attached hydrogens (tertiary/aromatic N) is 1. The van der Waals surface area contributed by atoms with Gasteiger partial charge in [-0.1, -0.05) is 42.5 Å². The van der Waals surface area contributed by atoms with Crippen LogP contribution in [-0.2, 0) is 10.3 Å². The van der Waals surface area contributed by atoms with Gasteiger partial charge in [0, 0.05) is 26.6 Å². The highest BCUT2D eigenvalue weighted by Crippen LogP contribution is 2.33. The minimum Gasteiger partial charge on any atom is -0.387 e. The monoisotopic (exact) mass is 356 g/mol. The molecule has 0 bridgehead atoms. The second-order valence-corrected chi connectivity index (χ2v) is 7.00. The molecule has 1 heterocycles. The van der Waals surface area contributed by atoms with Crippen molar-refractivity contribution in [3.8, 4) is 0 Å². The third kappa shape index (κ3) is 4.29. The minimum absolute atomic E-state index is 0.0337. The molecule has 1 aliphatic heterocycles. The summed E-state index contributed by atoms with van der Waals surface area (Å²) in [6.07, 6.45) is 0.917. The molecule has 1 aliphatic rings. The van der Waals surface area contributed by atoms with Gasteiger partial charge < -0.3 is 15.3 Å². The molecule has 0 unspecified atom stereocenters. The molecule has 26 heavy (non-hydrogen) atoms. The zero-order valence-corrected chi connectivity index (χ0v) is 15.0. The lowest BCUT2D eigenvalue weighted by Gasteiger charge is -2.43. The second kappa shape index (κ2) is 7.98. The van der Waals surface area contributed by atoms with Crippen LogP contribution in [0.3, 0.4) is 0 Å². The van der Waals surface area contributed by atoms with Crippen molar-refractivity contribution in [1.82, 2.24) is 10.2 Å². The summed E-state index contributed by atoms with van der Waals surface area (Å²) in [5, 5.41) is 13.6. The molecule has 0 spiro atoms. The van der Waals surface area contributed by atoms with Crippen LogP contribution < -0.4 is 5.32 Å². The minimum atomic E-state index is -0.652. The lowest BCUT2D eigenvalue weighted by Crippen LogP contribution is -2.53. The molecule has 138 valence electrons. The van der Waals surface area contributed by atoms with Crippen LogP contribution in [0.2, 0.25) is 0 Å². The molecular formula is C21H25FN2O2. The molecule has 1 fully saturated rings. The van der Waals surface area contributed by atoms with Crippen molar-refractivity contribution in [2.24, 2.45) is 0 Å². The summed E-state index contributed by atoms with van der Waals surface area (Å²) in [7, 11) is 0. The number of amides is 1. The summed E-state index contributed by atoms with van der Waals surface area (Å²) in [6.45, 7) is 3.59. The number of halogens is 1. The Labute approximate surface area is 153 Å². The van der Waals surface area contributed by atoms with E-state index in [9.17, 15) is 14.3 Å². The Kier molecular flexibility index (Phi) is 5.69. The summed E-state index contributed by atoms with van der Waals surface area (Å²) < 4.78 is 13.0. The van der Waals surface area contributed by atoms with Crippen LogP contribution >= 0.6 is 0 Å². The van der Waals surface area contributed by atoms with Crippen LogP contribution in [0.4, 0.5) is 4.39 Å². The Morgan fingerprint density at radius 2 is 1.77 bits per heavy atom. The van der Waals surface area contributed by atoms with E-state index in [1.807, 2.05) is 18.2 Å². The van der Waals surface area contributed by atoms with Gasteiger partial charge in [0.05, 0.1) is 11.6 Å². The van der Waals surface area contributed by atoms with E-state index in [-0.39, 0.29) is 17.3 Å². The molecule has 1 saturated heterocycles. The highest BCUT2D eigenvalue weighted by Gasteiger charge is 2.37. The van der Waals surface area contributed by atoms with Gasteiger partial charge in [-0.15, -0.1) is 0 Å². The maximum Gasteiger partial charge on any atom is 0.217 e. The molecule has 0 saturated carbocycles. The van der Waals surface area contributed by atoms with Crippen molar-refractivity contribution in [3.05, 3.63) is 71.5 Å². The SMILES string of the molecule is CC(=O)NC1(c2ccccc2)CCN(C[C@H](O)c2ccc(F)cc2)CC1. The van der Waals surface area contributed by atoms with Crippen molar-refractivity contribution < 1.29 is 14.3 Å². The fourth-order valence-corrected chi connectivity index (χ4v) is 3.73. The van der Waals surface area contributed by atoms with Crippen LogP contribution in [0.1, 0.15) is 37.0 Å². The van der Waals surface area contributed by atoms with Gasteiger partial charge in [0.2, 0.25) is 5.91 Å². The van der Waals surface area contributed by atoms with Gasteiger partial charge in [-0.3, -0.25) is 4.79 Å². The van der Waals surface area contributed by atoms with E-state index in [1.54, 1.807) is 19.1 Å². The summed E-state index contributed by atoms with van der Waals surface area (Å²) in [6, 6.07) is 16.0. The summed E-state index contributed by atoms with van der Waals surface area (Å²) in [4.78, 5) is 14.0. The lowest BCUT2D eigenvalue weighted by atomic mass is 9.80. The van der Waals surface area contributed by atoms with Gasteiger partial charge in [0.15, 0.2) is 0 Å². The van der Waals surface area contributed by atoms with Gasteiger partial charge in [-0.05, 0) is 36.1 Å².